The maximum absolute atomic E-state index is 12.5. The zero-order valence-corrected chi connectivity index (χ0v) is 16.5. The Bertz CT molecular complexity index is 1020. The minimum Gasteiger partial charge on any atom is -0.454 e. The van der Waals surface area contributed by atoms with E-state index in [1.165, 1.54) is 4.90 Å². The number of fused-ring (bicyclic) bond motifs is 1. The molecule has 1 amide bonds. The number of aliphatic imine (C=N–C) groups is 2. The van der Waals surface area contributed by atoms with Gasteiger partial charge in [0.2, 0.25) is 12.8 Å². The second-order valence-corrected chi connectivity index (χ2v) is 6.89. The lowest BCUT2D eigenvalue weighted by molar-refractivity contribution is -0.121. The number of nitrogens with one attached hydrogen (secondary N) is 1. The van der Waals surface area contributed by atoms with Gasteiger partial charge in [-0.15, -0.1) is 0 Å². The number of halogens is 1. The highest BCUT2D eigenvalue weighted by atomic mass is 35.5. The molecule has 29 heavy (non-hydrogen) atoms. The first kappa shape index (κ1) is 19.0. The van der Waals surface area contributed by atoms with Crippen molar-refractivity contribution >= 4 is 35.8 Å². The Hall–Kier alpha value is -3.32. The molecule has 0 aliphatic carbocycles. The third-order valence-electron chi connectivity index (χ3n) is 4.41. The fourth-order valence-electron chi connectivity index (χ4n) is 2.88. The molecule has 2 heterocycles. The number of carbonyl (C=O) groups is 1. The van der Waals surface area contributed by atoms with Gasteiger partial charge in [0.15, 0.2) is 11.5 Å². The first-order valence-electron chi connectivity index (χ1n) is 9.06. The Morgan fingerprint density at radius 2 is 1.86 bits per heavy atom. The molecule has 148 valence electrons. The van der Waals surface area contributed by atoms with Gasteiger partial charge < -0.3 is 14.8 Å². The van der Waals surface area contributed by atoms with Gasteiger partial charge in [-0.2, -0.15) is 0 Å². The van der Waals surface area contributed by atoms with Crippen molar-refractivity contribution < 1.29 is 14.3 Å². The lowest BCUT2D eigenvalue weighted by atomic mass is 10.1. The summed E-state index contributed by atoms with van der Waals surface area (Å²) < 4.78 is 10.7. The number of nitrogens with zero attached hydrogens (tertiary/aromatic N) is 3. The van der Waals surface area contributed by atoms with Crippen molar-refractivity contribution in [3.63, 3.8) is 0 Å². The summed E-state index contributed by atoms with van der Waals surface area (Å²) in [5.74, 6) is 1.73. The van der Waals surface area contributed by atoms with Crippen LogP contribution in [-0.4, -0.2) is 49.9 Å². The fourth-order valence-corrected chi connectivity index (χ4v) is 3.01. The topological polar surface area (TPSA) is 75.5 Å². The predicted octanol–water partition coefficient (Wildman–Crippen LogP) is 2.95. The highest BCUT2D eigenvalue weighted by Crippen LogP contribution is 2.33. The van der Waals surface area contributed by atoms with Crippen LogP contribution in [0.2, 0.25) is 5.02 Å². The van der Waals surface area contributed by atoms with Crippen molar-refractivity contribution in [3.05, 3.63) is 64.3 Å². The summed E-state index contributed by atoms with van der Waals surface area (Å²) in [5, 5.41) is 3.76. The van der Waals surface area contributed by atoms with Crippen molar-refractivity contribution in [2.24, 2.45) is 9.98 Å². The summed E-state index contributed by atoms with van der Waals surface area (Å²) in [6.07, 6.45) is 3.54. The molecule has 2 aliphatic rings. The molecular weight excluding hydrogens is 392 g/mol. The van der Waals surface area contributed by atoms with Crippen LogP contribution >= 0.6 is 11.6 Å². The Kier molecular flexibility index (Phi) is 5.48. The van der Waals surface area contributed by atoms with Crippen LogP contribution in [0.3, 0.4) is 0 Å². The van der Waals surface area contributed by atoms with Crippen molar-refractivity contribution in [2.75, 3.05) is 26.9 Å². The molecule has 1 N–H and O–H groups in total. The first-order chi connectivity index (χ1) is 14.1. The van der Waals surface area contributed by atoms with E-state index in [1.807, 2.05) is 42.5 Å². The Morgan fingerprint density at radius 1 is 1.10 bits per heavy atom. The molecule has 0 radical (unpaired) electrons. The third kappa shape index (κ3) is 4.41. The molecule has 7 nitrogen and oxygen atoms in total. The smallest absolute Gasteiger partial charge is 0.276 e. The predicted molar refractivity (Wildman–Crippen MR) is 113 cm³/mol. The average molecular weight is 411 g/mol. The third-order valence-corrected chi connectivity index (χ3v) is 4.66. The van der Waals surface area contributed by atoms with Gasteiger partial charge >= 0.3 is 0 Å². The molecule has 8 heteroatoms. The zero-order valence-electron chi connectivity index (χ0n) is 15.8. The molecule has 0 unspecified atom stereocenters. The standard InChI is InChI=1S/C21H19ClN4O3/c1-26-20(27)17(10-15-4-7-18-19(11-15)29-13-28-18)25-21(26)24-9-8-23-12-14-2-5-16(22)6-3-14/h2-7,10-12H,8-9,13H2,1H3,(H,24,25)/b17-10-,23-12?. The number of rotatable bonds is 5. The van der Waals surface area contributed by atoms with E-state index in [-0.39, 0.29) is 12.7 Å². The second-order valence-electron chi connectivity index (χ2n) is 6.45. The number of hydrogen-bond acceptors (Lipinski definition) is 5. The van der Waals surface area contributed by atoms with Gasteiger partial charge in [-0.25, -0.2) is 0 Å². The highest BCUT2D eigenvalue weighted by Gasteiger charge is 2.28. The van der Waals surface area contributed by atoms with E-state index >= 15 is 0 Å². The number of ether oxygens (including phenoxy) is 2. The Morgan fingerprint density at radius 3 is 2.69 bits per heavy atom. The number of amides is 1. The summed E-state index contributed by atoms with van der Waals surface area (Å²) in [4.78, 5) is 22.8. The fraction of sp³-hybridized carbons (Fsp3) is 0.190. The van der Waals surface area contributed by atoms with Gasteiger partial charge in [0, 0.05) is 18.3 Å². The van der Waals surface area contributed by atoms with Crippen molar-refractivity contribution in [1.82, 2.24) is 10.2 Å². The van der Waals surface area contributed by atoms with E-state index in [9.17, 15) is 4.79 Å². The lowest BCUT2D eigenvalue weighted by Crippen LogP contribution is -2.28. The number of hydrogen-bond donors (Lipinski definition) is 1. The summed E-state index contributed by atoms with van der Waals surface area (Å²) in [7, 11) is 1.69. The average Bonchev–Trinajstić information content (AvgIpc) is 3.29. The van der Waals surface area contributed by atoms with Crippen LogP contribution in [0.15, 0.2) is 58.1 Å². The number of carbonyl (C=O) groups excluding carboxylic acids is 1. The Labute approximate surface area is 173 Å². The van der Waals surface area contributed by atoms with Crippen molar-refractivity contribution in [3.8, 4) is 11.5 Å². The van der Waals surface area contributed by atoms with Gasteiger partial charge in [0.1, 0.15) is 5.70 Å². The summed E-state index contributed by atoms with van der Waals surface area (Å²) in [6.45, 7) is 1.19. The molecule has 0 saturated carbocycles. The molecule has 0 aromatic heterocycles. The number of likely N-dealkylation sites (N-methyl/N-ethyl adjacent to an activating group) is 1. The monoisotopic (exact) mass is 410 g/mol. The maximum atomic E-state index is 12.5. The van der Waals surface area contributed by atoms with E-state index in [1.54, 1.807) is 19.3 Å². The van der Waals surface area contributed by atoms with Crippen LogP contribution < -0.4 is 14.8 Å². The largest absolute Gasteiger partial charge is 0.454 e. The van der Waals surface area contributed by atoms with Crippen LogP contribution in [0.1, 0.15) is 11.1 Å². The van der Waals surface area contributed by atoms with E-state index in [4.69, 9.17) is 21.1 Å². The summed E-state index contributed by atoms with van der Waals surface area (Å²) in [5.41, 5.74) is 2.27. The normalized spacial score (nSPS) is 18.3. The minimum absolute atomic E-state index is 0.147. The molecule has 2 aliphatic heterocycles. The molecular formula is C21H19ClN4O3. The van der Waals surface area contributed by atoms with Gasteiger partial charge in [-0.1, -0.05) is 29.8 Å². The number of guanidine groups is 1. The van der Waals surface area contributed by atoms with Gasteiger partial charge in [-0.3, -0.25) is 19.7 Å². The van der Waals surface area contributed by atoms with Crippen LogP contribution in [-0.2, 0) is 4.79 Å². The lowest BCUT2D eigenvalue weighted by Gasteiger charge is -2.06. The Balaban J connectivity index is 1.37. The molecule has 2 aromatic rings. The molecule has 0 bridgehead atoms. The minimum atomic E-state index is -0.147. The van der Waals surface area contributed by atoms with E-state index in [0.29, 0.717) is 41.3 Å². The molecule has 2 aromatic carbocycles. The summed E-state index contributed by atoms with van der Waals surface area (Å²) in [6, 6.07) is 13.0. The van der Waals surface area contributed by atoms with Crippen LogP contribution in [0, 0.1) is 0 Å². The quantitative estimate of drug-likeness (QED) is 0.467. The van der Waals surface area contributed by atoms with Crippen LogP contribution in [0.5, 0.6) is 11.5 Å². The first-order valence-corrected chi connectivity index (χ1v) is 9.44. The van der Waals surface area contributed by atoms with Gasteiger partial charge in [0.05, 0.1) is 13.1 Å². The van der Waals surface area contributed by atoms with Gasteiger partial charge in [0.25, 0.3) is 5.91 Å². The molecule has 4 rings (SSSR count). The van der Waals surface area contributed by atoms with Crippen molar-refractivity contribution in [1.29, 1.82) is 0 Å². The van der Waals surface area contributed by atoms with E-state index < -0.39 is 0 Å². The van der Waals surface area contributed by atoms with Crippen molar-refractivity contribution in [2.45, 2.75) is 0 Å². The van der Waals surface area contributed by atoms with E-state index in [2.05, 4.69) is 15.3 Å². The number of benzene rings is 2. The van der Waals surface area contributed by atoms with Gasteiger partial charge in [-0.05, 0) is 41.5 Å². The molecule has 0 atom stereocenters. The molecule has 1 saturated heterocycles. The highest BCUT2D eigenvalue weighted by molar-refractivity contribution is 6.30. The summed E-state index contributed by atoms with van der Waals surface area (Å²) >= 11 is 5.86. The van der Waals surface area contributed by atoms with Crippen LogP contribution in [0.25, 0.3) is 6.08 Å². The maximum Gasteiger partial charge on any atom is 0.276 e. The SMILES string of the molecule is CN1C(=O)/C(=C/c2ccc3c(c2)OCO3)NC1=NCCN=Cc1ccc(Cl)cc1. The molecule has 1 fully saturated rings. The van der Waals surface area contributed by atoms with Crippen LogP contribution in [0.4, 0.5) is 0 Å². The zero-order chi connectivity index (χ0) is 20.2. The second kappa shape index (κ2) is 8.36. The molecule has 0 spiro atoms. The van der Waals surface area contributed by atoms with E-state index in [0.717, 1.165) is 11.1 Å².